The number of carbonyl (C=O) groups excluding carboxylic acids is 1. The van der Waals surface area contributed by atoms with Gasteiger partial charge in [-0.15, -0.1) is 0 Å². The molecular weight excluding hydrogens is 346 g/mol. The molecule has 0 N–H and O–H groups in total. The van der Waals surface area contributed by atoms with Crippen molar-refractivity contribution in [2.75, 3.05) is 6.61 Å². The average molecular weight is 362 g/mol. The van der Waals surface area contributed by atoms with E-state index < -0.39 is 11.6 Å². The SMILES string of the molecule is CCn1c(=NC(=O)CCOc2ccccc2)sc2cc(F)cc(F)c21. The van der Waals surface area contributed by atoms with Crippen LogP contribution < -0.4 is 9.54 Å². The van der Waals surface area contributed by atoms with Crippen molar-refractivity contribution in [2.24, 2.45) is 4.99 Å². The summed E-state index contributed by atoms with van der Waals surface area (Å²) in [6, 6.07) is 11.2. The number of halogens is 2. The van der Waals surface area contributed by atoms with Crippen LogP contribution in [0.25, 0.3) is 10.2 Å². The second-order valence-electron chi connectivity index (χ2n) is 5.28. The molecule has 25 heavy (non-hydrogen) atoms. The normalized spacial score (nSPS) is 11.9. The van der Waals surface area contributed by atoms with Crippen LogP contribution in [0, 0.1) is 11.6 Å². The van der Waals surface area contributed by atoms with Crippen molar-refractivity contribution >= 4 is 27.5 Å². The number of carbonyl (C=O) groups is 1. The summed E-state index contributed by atoms with van der Waals surface area (Å²) in [7, 11) is 0. The molecular formula is C18H16F2N2O2S. The highest BCUT2D eigenvalue weighted by Crippen LogP contribution is 2.22. The van der Waals surface area contributed by atoms with Gasteiger partial charge in [-0.05, 0) is 25.1 Å². The first kappa shape index (κ1) is 17.3. The highest BCUT2D eigenvalue weighted by atomic mass is 32.1. The summed E-state index contributed by atoms with van der Waals surface area (Å²) in [6.07, 6.45) is 0.101. The molecule has 1 heterocycles. The third-order valence-electron chi connectivity index (χ3n) is 3.56. The fourth-order valence-electron chi connectivity index (χ4n) is 2.44. The van der Waals surface area contributed by atoms with E-state index in [2.05, 4.69) is 4.99 Å². The summed E-state index contributed by atoms with van der Waals surface area (Å²) in [6.45, 7) is 2.44. The Hall–Kier alpha value is -2.54. The minimum absolute atomic E-state index is 0.101. The van der Waals surface area contributed by atoms with Crippen LogP contribution in [0.5, 0.6) is 5.75 Å². The second kappa shape index (κ2) is 7.57. The third-order valence-corrected chi connectivity index (χ3v) is 4.59. The first-order valence-electron chi connectivity index (χ1n) is 7.82. The van der Waals surface area contributed by atoms with E-state index in [1.54, 1.807) is 16.7 Å². The Kier molecular flexibility index (Phi) is 5.23. The maximum absolute atomic E-state index is 14.0. The molecule has 0 aliphatic heterocycles. The molecule has 0 bridgehead atoms. The minimum atomic E-state index is -0.658. The third kappa shape index (κ3) is 3.93. The quantitative estimate of drug-likeness (QED) is 0.691. The van der Waals surface area contributed by atoms with Crippen LogP contribution in [-0.4, -0.2) is 17.1 Å². The Morgan fingerprint density at radius 3 is 2.72 bits per heavy atom. The lowest BCUT2D eigenvalue weighted by atomic mass is 10.3. The number of aromatic nitrogens is 1. The molecule has 0 aliphatic carbocycles. The average Bonchev–Trinajstić information content (AvgIpc) is 2.92. The van der Waals surface area contributed by atoms with Crippen LogP contribution in [0.1, 0.15) is 13.3 Å². The molecule has 0 radical (unpaired) electrons. The van der Waals surface area contributed by atoms with Gasteiger partial charge in [0.05, 0.1) is 23.2 Å². The Morgan fingerprint density at radius 1 is 1.24 bits per heavy atom. The van der Waals surface area contributed by atoms with Crippen molar-refractivity contribution in [3.05, 3.63) is 58.9 Å². The van der Waals surface area contributed by atoms with Crippen LogP contribution in [0.4, 0.5) is 8.78 Å². The summed E-state index contributed by atoms with van der Waals surface area (Å²) in [5.74, 6) is -0.998. The Morgan fingerprint density at radius 2 is 2.00 bits per heavy atom. The fraction of sp³-hybridized carbons (Fsp3) is 0.222. The van der Waals surface area contributed by atoms with Crippen molar-refractivity contribution in [2.45, 2.75) is 19.9 Å². The Labute approximate surface area is 147 Å². The standard InChI is InChI=1S/C18H16F2N2O2S/c1-2-22-17-14(20)10-12(19)11-15(17)25-18(22)21-16(23)8-9-24-13-6-4-3-5-7-13/h3-7,10-11H,2,8-9H2,1H3. The smallest absolute Gasteiger partial charge is 0.251 e. The lowest BCUT2D eigenvalue weighted by molar-refractivity contribution is -0.118. The molecule has 1 amide bonds. The van der Waals surface area contributed by atoms with E-state index in [0.29, 0.717) is 21.8 Å². The van der Waals surface area contributed by atoms with Gasteiger partial charge in [0, 0.05) is 12.6 Å². The summed E-state index contributed by atoms with van der Waals surface area (Å²) < 4.78 is 34.9. The molecule has 2 aromatic carbocycles. The zero-order chi connectivity index (χ0) is 17.8. The van der Waals surface area contributed by atoms with Gasteiger partial charge in [0.1, 0.15) is 11.6 Å². The van der Waals surface area contributed by atoms with E-state index in [1.165, 1.54) is 6.07 Å². The molecule has 0 fully saturated rings. The largest absolute Gasteiger partial charge is 0.493 e. The van der Waals surface area contributed by atoms with E-state index >= 15 is 0 Å². The van der Waals surface area contributed by atoms with Gasteiger partial charge in [0.25, 0.3) is 5.91 Å². The Bertz CT molecular complexity index is 964. The number of rotatable bonds is 5. The topological polar surface area (TPSA) is 43.6 Å². The number of thiazole rings is 1. The van der Waals surface area contributed by atoms with Crippen LogP contribution in [0.2, 0.25) is 0 Å². The maximum Gasteiger partial charge on any atom is 0.251 e. The summed E-state index contributed by atoms with van der Waals surface area (Å²) in [5, 5.41) is 0. The molecule has 3 aromatic rings. The zero-order valence-electron chi connectivity index (χ0n) is 13.5. The summed E-state index contributed by atoms with van der Waals surface area (Å²) in [4.78, 5) is 16.5. The molecule has 7 heteroatoms. The number of fused-ring (bicyclic) bond motifs is 1. The molecule has 4 nitrogen and oxygen atoms in total. The predicted molar refractivity (Wildman–Crippen MR) is 92.5 cm³/mol. The number of amides is 1. The van der Waals surface area contributed by atoms with Gasteiger partial charge < -0.3 is 9.30 Å². The first-order chi connectivity index (χ1) is 12.1. The number of hydrogen-bond donors (Lipinski definition) is 0. The van der Waals surface area contributed by atoms with Gasteiger partial charge in [0.2, 0.25) is 0 Å². The van der Waals surface area contributed by atoms with E-state index in [9.17, 15) is 13.6 Å². The summed E-state index contributed by atoms with van der Waals surface area (Å²) in [5.41, 5.74) is 0.265. The van der Waals surface area contributed by atoms with E-state index in [0.717, 1.165) is 17.4 Å². The minimum Gasteiger partial charge on any atom is -0.493 e. The Balaban J connectivity index is 1.80. The van der Waals surface area contributed by atoms with Crippen molar-refractivity contribution in [1.29, 1.82) is 0 Å². The monoisotopic (exact) mass is 362 g/mol. The molecule has 130 valence electrons. The highest BCUT2D eigenvalue weighted by molar-refractivity contribution is 7.16. The number of ether oxygens (including phenoxy) is 1. The highest BCUT2D eigenvalue weighted by Gasteiger charge is 2.13. The number of hydrogen-bond acceptors (Lipinski definition) is 3. The molecule has 0 spiro atoms. The molecule has 0 unspecified atom stereocenters. The number of para-hydroxylation sites is 1. The zero-order valence-corrected chi connectivity index (χ0v) is 14.4. The van der Waals surface area contributed by atoms with Crippen molar-refractivity contribution in [3.63, 3.8) is 0 Å². The van der Waals surface area contributed by atoms with Crippen molar-refractivity contribution < 1.29 is 18.3 Å². The maximum atomic E-state index is 14.0. The second-order valence-corrected chi connectivity index (χ2v) is 6.29. The van der Waals surface area contributed by atoms with Crippen LogP contribution in [0.15, 0.2) is 47.5 Å². The van der Waals surface area contributed by atoms with Gasteiger partial charge in [0.15, 0.2) is 10.6 Å². The molecule has 3 rings (SSSR count). The lowest BCUT2D eigenvalue weighted by Crippen LogP contribution is -2.17. The van der Waals surface area contributed by atoms with E-state index in [-0.39, 0.29) is 24.5 Å². The fourth-order valence-corrected chi connectivity index (χ4v) is 3.59. The van der Waals surface area contributed by atoms with Gasteiger partial charge >= 0.3 is 0 Å². The van der Waals surface area contributed by atoms with E-state index in [4.69, 9.17) is 4.74 Å². The molecule has 1 aromatic heterocycles. The molecule has 0 saturated carbocycles. The predicted octanol–water partition coefficient (Wildman–Crippen LogP) is 3.90. The van der Waals surface area contributed by atoms with Crippen molar-refractivity contribution in [1.82, 2.24) is 4.57 Å². The van der Waals surface area contributed by atoms with Crippen LogP contribution in [-0.2, 0) is 11.3 Å². The van der Waals surface area contributed by atoms with Gasteiger partial charge in [-0.25, -0.2) is 8.78 Å². The van der Waals surface area contributed by atoms with Crippen LogP contribution in [0.3, 0.4) is 0 Å². The number of benzene rings is 2. The molecule has 0 saturated heterocycles. The summed E-state index contributed by atoms with van der Waals surface area (Å²) >= 11 is 1.09. The van der Waals surface area contributed by atoms with Gasteiger partial charge in [-0.1, -0.05) is 29.5 Å². The van der Waals surface area contributed by atoms with Crippen LogP contribution >= 0.6 is 11.3 Å². The van der Waals surface area contributed by atoms with E-state index in [1.807, 2.05) is 25.1 Å². The number of aryl methyl sites for hydroxylation is 1. The van der Waals surface area contributed by atoms with Gasteiger partial charge in [-0.2, -0.15) is 4.99 Å². The lowest BCUT2D eigenvalue weighted by Gasteiger charge is -2.03. The van der Waals surface area contributed by atoms with Crippen molar-refractivity contribution in [3.8, 4) is 5.75 Å². The number of nitrogens with zero attached hydrogens (tertiary/aromatic N) is 2. The molecule has 0 atom stereocenters. The molecule has 0 aliphatic rings. The first-order valence-corrected chi connectivity index (χ1v) is 8.64. The van der Waals surface area contributed by atoms with Gasteiger partial charge in [-0.3, -0.25) is 4.79 Å².